The van der Waals surface area contributed by atoms with E-state index in [9.17, 15) is 84.9 Å². The number of nitrogens with one attached hydrogen (secondary N) is 4. The van der Waals surface area contributed by atoms with E-state index in [2.05, 4.69) is 21.3 Å². The van der Waals surface area contributed by atoms with Crippen LogP contribution in [0.25, 0.3) is 0 Å². The van der Waals surface area contributed by atoms with Gasteiger partial charge in [-0.15, -0.1) is 0 Å². The number of amides is 6. The Hall–Kier alpha value is -1.69. The van der Waals surface area contributed by atoms with Crippen LogP contribution in [0.3, 0.4) is 0 Å². The van der Waals surface area contributed by atoms with Crippen molar-refractivity contribution in [2.75, 3.05) is 75.6 Å². The van der Waals surface area contributed by atoms with Gasteiger partial charge in [0.1, 0.15) is 5.75 Å². The van der Waals surface area contributed by atoms with Crippen molar-refractivity contribution in [2.24, 2.45) is 0 Å². The van der Waals surface area contributed by atoms with Gasteiger partial charge in [-0.3, -0.25) is 28.8 Å². The Balaban J connectivity index is 2.82. The smallest absolute Gasteiger partial charge is 0.256 e. The molecule has 28 heteroatoms. The fraction of sp³-hybridized carbons (Fsp3) is 0.500. The Bertz CT molecular complexity index is 1900. The van der Waals surface area contributed by atoms with Crippen LogP contribution in [-0.4, -0.2) is 194 Å². The van der Waals surface area contributed by atoms with Gasteiger partial charge in [0.15, 0.2) is 0 Å². The van der Waals surface area contributed by atoms with E-state index < -0.39 is 155 Å². The minimum atomic E-state index is -1.96. The summed E-state index contributed by atoms with van der Waals surface area (Å²) in [5.41, 5.74) is -1.96. The number of hydrogen-bond donors (Lipinski definition) is 15. The van der Waals surface area contributed by atoms with Gasteiger partial charge in [0.25, 0.3) is 23.6 Å². The molecule has 0 aliphatic heterocycles. The summed E-state index contributed by atoms with van der Waals surface area (Å²) >= 11 is 8.33. The highest BCUT2D eigenvalue weighted by Crippen LogP contribution is 2.42. The number of rotatable bonds is 23. The van der Waals surface area contributed by atoms with Crippen LogP contribution in [0.15, 0.2) is 0 Å². The average Bonchev–Trinajstić information content (AvgIpc) is 3.24. The molecule has 0 saturated carbocycles. The van der Waals surface area contributed by atoms with E-state index in [1.54, 1.807) is 113 Å². The molecule has 2 aromatic carbocycles. The van der Waals surface area contributed by atoms with Crippen LogP contribution in [0.5, 0.6) is 5.75 Å². The lowest BCUT2D eigenvalue weighted by molar-refractivity contribution is -0.118. The van der Waals surface area contributed by atoms with Crippen molar-refractivity contribution in [2.45, 2.75) is 50.3 Å². The number of hydrogen-bond acceptors (Lipinski definition) is 17. The van der Waals surface area contributed by atoms with E-state index in [4.69, 9.17) is 0 Å². The van der Waals surface area contributed by atoms with Crippen LogP contribution in [0.2, 0.25) is 0 Å². The van der Waals surface area contributed by atoms with E-state index >= 15 is 0 Å². The van der Waals surface area contributed by atoms with Crippen molar-refractivity contribution in [1.29, 1.82) is 0 Å². The summed E-state index contributed by atoms with van der Waals surface area (Å²) < 4.78 is -0.245. The van der Waals surface area contributed by atoms with Crippen LogP contribution in [0, 0.1) is 17.9 Å². The monoisotopic (exact) mass is 1470 g/mol. The average molecular weight is 1470 g/mol. The summed E-state index contributed by atoms with van der Waals surface area (Å²) in [7, 11) is 0. The molecule has 6 amide bonds. The largest absolute Gasteiger partial charge is 0.506 e. The molecular formula is C36H47I5N6O17. The molecule has 358 valence electrons. The van der Waals surface area contributed by atoms with Crippen LogP contribution in [-0.2, 0) is 9.59 Å². The number of aromatic hydroxyl groups is 1. The second-order valence-electron chi connectivity index (χ2n) is 13.7. The molecule has 0 aliphatic carbocycles. The van der Waals surface area contributed by atoms with Crippen molar-refractivity contribution in [3.63, 3.8) is 0 Å². The summed E-state index contributed by atoms with van der Waals surface area (Å²) in [6.45, 7) is -4.68. The molecule has 0 radical (unpaired) electrons. The van der Waals surface area contributed by atoms with Gasteiger partial charge >= 0.3 is 0 Å². The Morgan fingerprint density at radius 3 is 1.11 bits per heavy atom. The Kier molecular flexibility index (Phi) is 25.0. The summed E-state index contributed by atoms with van der Waals surface area (Å²) in [5.74, 6) is -6.49. The molecule has 4 unspecified atom stereocenters. The van der Waals surface area contributed by atoms with Gasteiger partial charge in [0.05, 0.1) is 137 Å². The molecule has 15 N–H and O–H groups in total. The second kappa shape index (κ2) is 27.3. The minimum absolute atomic E-state index is 0.0338. The number of phenolic OH excluding ortho intramolecular Hbond substituents is 1. The first-order valence-corrected chi connectivity index (χ1v) is 23.9. The summed E-state index contributed by atoms with van der Waals surface area (Å²) in [6.07, 6.45) is -6.71. The molecule has 0 aromatic heterocycles. The van der Waals surface area contributed by atoms with E-state index in [-0.39, 0.29) is 40.4 Å². The third-order valence-corrected chi connectivity index (χ3v) is 14.3. The molecule has 64 heavy (non-hydrogen) atoms. The first-order valence-electron chi connectivity index (χ1n) is 18.6. The van der Waals surface area contributed by atoms with E-state index in [1.165, 1.54) is 0 Å². The van der Waals surface area contributed by atoms with E-state index in [0.717, 1.165) is 23.6 Å². The van der Waals surface area contributed by atoms with Gasteiger partial charge in [0.2, 0.25) is 11.8 Å². The van der Waals surface area contributed by atoms with E-state index in [1.807, 2.05) is 0 Å². The molecule has 0 aliphatic rings. The molecule has 23 nitrogen and oxygen atoms in total. The van der Waals surface area contributed by atoms with Crippen molar-refractivity contribution >= 4 is 160 Å². The third-order valence-electron chi connectivity index (χ3n) is 8.98. The summed E-state index contributed by atoms with van der Waals surface area (Å²) in [5, 5.41) is 121. The van der Waals surface area contributed by atoms with Crippen molar-refractivity contribution in [3.05, 3.63) is 40.1 Å². The van der Waals surface area contributed by atoms with E-state index in [0.29, 0.717) is 0 Å². The number of anilines is 2. The Morgan fingerprint density at radius 2 is 0.781 bits per heavy atom. The maximum Gasteiger partial charge on any atom is 0.256 e. The number of nitrogens with zero attached hydrogens (tertiary/aromatic N) is 2. The number of carbonyl (C=O) groups is 6. The normalized spacial score (nSPS) is 13.2. The number of halogens is 5. The predicted octanol–water partition coefficient (Wildman–Crippen LogP) is -3.12. The Morgan fingerprint density at radius 1 is 0.484 bits per heavy atom. The molecule has 4 atom stereocenters. The fourth-order valence-corrected chi connectivity index (χ4v) is 12.9. The second-order valence-corrected chi connectivity index (χ2v) is 19.1. The van der Waals surface area contributed by atoms with Crippen LogP contribution >= 0.6 is 113 Å². The molecule has 0 saturated heterocycles. The third kappa shape index (κ3) is 14.7. The molecule has 2 aromatic rings. The topological polar surface area (TPSA) is 380 Å². The fourth-order valence-electron chi connectivity index (χ4n) is 5.52. The molecular weight excluding hydrogens is 1420 g/mol. The first-order chi connectivity index (χ1) is 30.0. The van der Waals surface area contributed by atoms with Gasteiger partial charge in [-0.2, -0.15) is 0 Å². The molecule has 2 rings (SSSR count). The zero-order chi connectivity index (χ0) is 48.9. The van der Waals surface area contributed by atoms with Crippen LogP contribution < -0.4 is 31.1 Å². The molecule has 0 spiro atoms. The number of aliphatic hydroxyl groups excluding tert-OH is 10. The lowest BCUT2D eigenvalue weighted by Gasteiger charge is -2.33. The number of phenols is 1. The number of carbonyl (C=O) groups excluding carboxylic acids is 6. The zero-order valence-electron chi connectivity index (χ0n) is 33.7. The highest BCUT2D eigenvalue weighted by Gasteiger charge is 2.37. The quantitative estimate of drug-likeness (QED) is 0.0490. The van der Waals surface area contributed by atoms with Gasteiger partial charge in [-0.05, 0) is 113 Å². The zero-order valence-corrected chi connectivity index (χ0v) is 44.5. The predicted molar refractivity (Wildman–Crippen MR) is 268 cm³/mol. The van der Waals surface area contributed by atoms with Crippen molar-refractivity contribution < 1.29 is 84.9 Å². The van der Waals surface area contributed by atoms with Crippen molar-refractivity contribution in [3.8, 4) is 5.75 Å². The maximum absolute atomic E-state index is 13.7. The van der Waals surface area contributed by atoms with Gasteiger partial charge in [-0.25, -0.2) is 0 Å². The summed E-state index contributed by atoms with van der Waals surface area (Å²) in [6, 6.07) is -2.38. The highest BCUT2D eigenvalue weighted by molar-refractivity contribution is 14.1. The van der Waals surface area contributed by atoms with Gasteiger partial charge < -0.3 is 87.2 Å². The number of aliphatic hydroxyl groups is 10. The van der Waals surface area contributed by atoms with Crippen molar-refractivity contribution in [1.82, 2.24) is 21.3 Å². The van der Waals surface area contributed by atoms with Gasteiger partial charge in [0, 0.05) is 30.5 Å². The lowest BCUT2D eigenvalue weighted by atomic mass is 10.0. The van der Waals surface area contributed by atoms with Crippen LogP contribution in [0.1, 0.15) is 55.3 Å². The maximum atomic E-state index is 13.7. The molecule has 0 heterocycles. The first kappa shape index (κ1) is 58.4. The number of benzene rings is 2. The lowest BCUT2D eigenvalue weighted by Crippen LogP contribution is -2.48. The SMILES string of the molecule is CC(=O)N(CC(O)C(O)CN(C(C)=O)c1c(I)c(C(=O)NCC(O)CO)c(I)c(C(=O)NC(CO)CO)c1I)c1c(I)c(C(=O)NCC(O)CO)c(O)c(C(=O)NC(CO)CO)c1I. The van der Waals surface area contributed by atoms with Gasteiger partial charge in [-0.1, -0.05) is 0 Å². The summed E-state index contributed by atoms with van der Waals surface area (Å²) in [4.78, 5) is 83.0. The standard InChI is InChI=1S/C36H47I5N6O17/c1-13(54)46(30-26(38)21(33(61)42-3-17(56)11-52)25(37)22(27(30)39)35(63)44-15(7-48)8-49)5-19(58)20(59)6-47(14(2)55)31-28(40)23(34(62)43-4-18(57)12-53)32(60)24(29(31)41)36(64)45-16(9-50)10-51/h15-20,48-53,56-60H,3-12H2,1-2H3,(H,42,61)(H,43,62)(H,44,63)(H,45,64). The highest BCUT2D eigenvalue weighted by atomic mass is 127. The van der Waals surface area contributed by atoms with Crippen LogP contribution in [0.4, 0.5) is 11.4 Å². The minimum Gasteiger partial charge on any atom is -0.506 e. The molecule has 0 bridgehead atoms. The Labute approximate surface area is 433 Å². The molecule has 0 fully saturated rings.